The fraction of sp³-hybridized carbons (Fsp3) is 0.308. The van der Waals surface area contributed by atoms with Gasteiger partial charge in [-0.25, -0.2) is 9.59 Å². The lowest BCUT2D eigenvalue weighted by Crippen LogP contribution is -2.23. The van der Waals surface area contributed by atoms with Crippen molar-refractivity contribution in [1.82, 2.24) is 4.57 Å². The Morgan fingerprint density at radius 3 is 2.19 bits per heavy atom. The molecule has 0 aliphatic rings. The van der Waals surface area contributed by atoms with E-state index in [2.05, 4.69) is 23.4 Å². The third kappa shape index (κ3) is 7.24. The van der Waals surface area contributed by atoms with Gasteiger partial charge in [-0.3, -0.25) is 9.36 Å². The maximum Gasteiger partial charge on any atom is 0.333 e. The molecule has 10 nitrogen and oxygen atoms in total. The van der Waals surface area contributed by atoms with Crippen LogP contribution >= 0.6 is 0 Å². The highest BCUT2D eigenvalue weighted by Crippen LogP contribution is 2.27. The fourth-order valence-corrected chi connectivity index (χ4v) is 3.00. The average molecular weight is 493 g/mol. The van der Waals surface area contributed by atoms with Crippen molar-refractivity contribution in [2.45, 2.75) is 40.2 Å². The normalized spacial score (nSPS) is 10.6. The largest absolute Gasteiger partial charge is 0.493 e. The second-order valence-electron chi connectivity index (χ2n) is 8.04. The van der Waals surface area contributed by atoms with Crippen molar-refractivity contribution in [3.8, 4) is 11.9 Å². The highest BCUT2D eigenvalue weighted by atomic mass is 16.5. The summed E-state index contributed by atoms with van der Waals surface area (Å²) in [5.41, 5.74) is 1.34. The van der Waals surface area contributed by atoms with Gasteiger partial charge in [-0.05, 0) is 44.9 Å². The molecular weight excluding hydrogens is 464 g/mol. The SMILES string of the molecule is C=C(C)C(=O)OCCCn1c(O)c(C#N)c(C)c(N=Nc2ccc(CCOC(=O)C(=C)C)cc2)c1=O. The van der Waals surface area contributed by atoms with Crippen molar-refractivity contribution in [1.29, 1.82) is 5.26 Å². The predicted molar refractivity (Wildman–Crippen MR) is 132 cm³/mol. The maximum atomic E-state index is 13.0. The van der Waals surface area contributed by atoms with Crippen LogP contribution in [0, 0.1) is 18.3 Å². The van der Waals surface area contributed by atoms with Crippen LogP contribution in [0.5, 0.6) is 5.88 Å². The van der Waals surface area contributed by atoms with E-state index in [4.69, 9.17) is 9.47 Å². The zero-order valence-electron chi connectivity index (χ0n) is 20.5. The highest BCUT2D eigenvalue weighted by Gasteiger charge is 2.19. The number of nitriles is 1. The Bertz CT molecular complexity index is 1300. The van der Waals surface area contributed by atoms with Gasteiger partial charge in [0.2, 0.25) is 5.88 Å². The second kappa shape index (κ2) is 12.8. The molecular formula is C26H28N4O6. The molecule has 0 saturated carbocycles. The van der Waals surface area contributed by atoms with Crippen LogP contribution in [-0.2, 0) is 32.0 Å². The van der Waals surface area contributed by atoms with Crippen LogP contribution < -0.4 is 5.56 Å². The molecule has 2 aromatic rings. The van der Waals surface area contributed by atoms with Crippen LogP contribution in [0.15, 0.2) is 63.6 Å². The first-order valence-electron chi connectivity index (χ1n) is 11.1. The van der Waals surface area contributed by atoms with E-state index in [9.17, 15) is 24.8 Å². The topological polar surface area (TPSA) is 143 Å². The molecule has 0 spiro atoms. The van der Waals surface area contributed by atoms with Crippen LogP contribution in [0.25, 0.3) is 0 Å². The first kappa shape index (κ1) is 27.7. The third-order valence-corrected chi connectivity index (χ3v) is 5.05. The summed E-state index contributed by atoms with van der Waals surface area (Å²) >= 11 is 0. The molecule has 0 saturated heterocycles. The molecule has 0 bridgehead atoms. The zero-order valence-corrected chi connectivity index (χ0v) is 20.5. The Morgan fingerprint density at radius 2 is 1.64 bits per heavy atom. The maximum absolute atomic E-state index is 13.0. The van der Waals surface area contributed by atoms with Gasteiger partial charge in [0.15, 0.2) is 5.69 Å². The van der Waals surface area contributed by atoms with Gasteiger partial charge in [0, 0.05) is 29.7 Å². The second-order valence-corrected chi connectivity index (χ2v) is 8.04. The van der Waals surface area contributed by atoms with E-state index in [1.807, 2.05) is 6.07 Å². The van der Waals surface area contributed by atoms with E-state index in [-0.39, 0.29) is 48.6 Å². The van der Waals surface area contributed by atoms with Gasteiger partial charge in [-0.1, -0.05) is 25.3 Å². The number of carbonyl (C=O) groups excluding carboxylic acids is 2. The number of ether oxygens (including phenoxy) is 2. The minimum atomic E-state index is -0.630. The smallest absolute Gasteiger partial charge is 0.333 e. The number of carbonyl (C=O) groups is 2. The van der Waals surface area contributed by atoms with Crippen LogP contribution in [0.1, 0.15) is 37.0 Å². The van der Waals surface area contributed by atoms with Crippen molar-refractivity contribution in [2.75, 3.05) is 13.2 Å². The molecule has 1 aromatic carbocycles. The van der Waals surface area contributed by atoms with Crippen molar-refractivity contribution >= 4 is 23.3 Å². The summed E-state index contributed by atoms with van der Waals surface area (Å²) in [4.78, 5) is 35.9. The standard InChI is InChI=1S/C26H28N4O6/c1-16(2)25(33)35-13-6-12-30-23(31)21(15-27)18(5)22(24(30)32)29-28-20-9-7-19(8-10-20)11-14-36-26(34)17(3)4/h7-10,31H,1,3,6,11-14H2,2,4-5H3. The van der Waals surface area contributed by atoms with Crippen molar-refractivity contribution in [2.24, 2.45) is 10.2 Å². The molecule has 0 aliphatic carbocycles. The minimum absolute atomic E-state index is 0.00291. The summed E-state index contributed by atoms with van der Waals surface area (Å²) in [6.07, 6.45) is 0.728. The monoisotopic (exact) mass is 492 g/mol. The Morgan fingerprint density at radius 1 is 1.06 bits per heavy atom. The lowest BCUT2D eigenvalue weighted by atomic mass is 10.1. The van der Waals surface area contributed by atoms with Crippen LogP contribution in [0.3, 0.4) is 0 Å². The number of hydrogen-bond acceptors (Lipinski definition) is 9. The van der Waals surface area contributed by atoms with Gasteiger partial charge in [0.1, 0.15) is 11.6 Å². The minimum Gasteiger partial charge on any atom is -0.493 e. The van der Waals surface area contributed by atoms with Crippen LogP contribution in [0.2, 0.25) is 0 Å². The number of azo groups is 1. The Kier molecular flexibility index (Phi) is 9.86. The predicted octanol–water partition coefficient (Wildman–Crippen LogP) is 4.32. The van der Waals surface area contributed by atoms with Crippen molar-refractivity contribution in [3.63, 3.8) is 0 Å². The molecule has 36 heavy (non-hydrogen) atoms. The first-order chi connectivity index (χ1) is 17.1. The molecule has 0 amide bonds. The Labute approximate surface area is 208 Å². The Balaban J connectivity index is 2.17. The van der Waals surface area contributed by atoms with Crippen LogP contribution in [-0.4, -0.2) is 34.8 Å². The van der Waals surface area contributed by atoms with E-state index in [0.717, 1.165) is 10.1 Å². The summed E-state index contributed by atoms with van der Waals surface area (Å²) in [7, 11) is 0. The van der Waals surface area contributed by atoms with E-state index in [1.54, 1.807) is 31.2 Å². The van der Waals surface area contributed by atoms with Gasteiger partial charge in [-0.2, -0.15) is 10.4 Å². The Hall–Kier alpha value is -4.52. The number of aromatic nitrogens is 1. The van der Waals surface area contributed by atoms with Gasteiger partial charge in [-0.15, -0.1) is 5.11 Å². The van der Waals surface area contributed by atoms with E-state index >= 15 is 0 Å². The van der Waals surface area contributed by atoms with Crippen molar-refractivity contribution in [3.05, 3.63) is 75.6 Å². The number of aromatic hydroxyl groups is 1. The lowest BCUT2D eigenvalue weighted by Gasteiger charge is -2.13. The summed E-state index contributed by atoms with van der Waals surface area (Å²) in [6.45, 7) is 11.8. The number of hydrogen-bond donors (Lipinski definition) is 1. The summed E-state index contributed by atoms with van der Waals surface area (Å²) < 4.78 is 11.1. The molecule has 0 unspecified atom stereocenters. The molecule has 1 N–H and O–H groups in total. The van der Waals surface area contributed by atoms with E-state index in [0.29, 0.717) is 17.7 Å². The quantitative estimate of drug-likeness (QED) is 0.213. The lowest BCUT2D eigenvalue weighted by molar-refractivity contribution is -0.139. The number of rotatable bonds is 11. The molecule has 2 rings (SSSR count). The molecule has 10 heteroatoms. The molecule has 0 fully saturated rings. The molecule has 1 aromatic heterocycles. The molecule has 0 aliphatic heterocycles. The molecule has 188 valence electrons. The highest BCUT2D eigenvalue weighted by molar-refractivity contribution is 5.87. The summed E-state index contributed by atoms with van der Waals surface area (Å²) in [5.74, 6) is -1.48. The van der Waals surface area contributed by atoms with Crippen molar-refractivity contribution < 1.29 is 24.2 Å². The number of esters is 2. The number of nitrogens with zero attached hydrogens (tertiary/aromatic N) is 4. The van der Waals surface area contributed by atoms with Gasteiger partial charge >= 0.3 is 11.9 Å². The average Bonchev–Trinajstić information content (AvgIpc) is 2.84. The van der Waals surface area contributed by atoms with Gasteiger partial charge < -0.3 is 14.6 Å². The molecule has 0 radical (unpaired) electrons. The molecule has 1 heterocycles. The van der Waals surface area contributed by atoms with Gasteiger partial charge in [0.05, 0.1) is 18.9 Å². The van der Waals surface area contributed by atoms with Crippen LogP contribution in [0.4, 0.5) is 11.4 Å². The summed E-state index contributed by atoms with van der Waals surface area (Å²) in [6, 6.07) is 8.84. The van der Waals surface area contributed by atoms with Gasteiger partial charge in [0.25, 0.3) is 5.56 Å². The third-order valence-electron chi connectivity index (χ3n) is 5.05. The molecule has 0 atom stereocenters. The first-order valence-corrected chi connectivity index (χ1v) is 11.1. The fourth-order valence-electron chi connectivity index (χ4n) is 3.00. The number of benzene rings is 1. The van der Waals surface area contributed by atoms with E-state index in [1.165, 1.54) is 13.8 Å². The number of pyridine rings is 1. The zero-order chi connectivity index (χ0) is 26.8. The summed E-state index contributed by atoms with van der Waals surface area (Å²) in [5, 5.41) is 28.1. The van der Waals surface area contributed by atoms with E-state index < -0.39 is 23.4 Å².